The van der Waals surface area contributed by atoms with Gasteiger partial charge in [-0.25, -0.2) is 5.01 Å². The molecule has 0 aliphatic carbocycles. The number of hydrogen-bond donors (Lipinski definition) is 1. The number of halogens is 3. The van der Waals surface area contributed by atoms with Gasteiger partial charge in [0, 0.05) is 12.1 Å². The lowest BCUT2D eigenvalue weighted by atomic mass is 10.00. The second-order valence-electron chi connectivity index (χ2n) is 3.97. The lowest BCUT2D eigenvalue weighted by molar-refractivity contribution is -0.181. The highest BCUT2D eigenvalue weighted by atomic mass is 19.4. The van der Waals surface area contributed by atoms with Crippen molar-refractivity contribution in [3.8, 4) is 0 Å². The van der Waals surface area contributed by atoms with Crippen molar-refractivity contribution < 1.29 is 18.0 Å². The predicted molar refractivity (Wildman–Crippen MR) is 48.8 cm³/mol. The van der Waals surface area contributed by atoms with Gasteiger partial charge in [-0.15, -0.1) is 0 Å². The van der Waals surface area contributed by atoms with E-state index in [1.807, 2.05) is 19.3 Å². The Morgan fingerprint density at radius 1 is 1.27 bits per heavy atom. The van der Waals surface area contributed by atoms with Crippen LogP contribution in [0.4, 0.5) is 13.2 Å². The van der Waals surface area contributed by atoms with Gasteiger partial charge in [0.25, 0.3) is 0 Å². The Hall–Kier alpha value is -0.780. The molecule has 0 aromatic carbocycles. The fourth-order valence-electron chi connectivity index (χ4n) is 1.82. The smallest absolute Gasteiger partial charge is 0.280 e. The lowest BCUT2D eigenvalue weighted by Crippen LogP contribution is -2.56. The average Bonchev–Trinajstić information content (AvgIpc) is 2.09. The Kier molecular flexibility index (Phi) is 3.59. The minimum absolute atomic E-state index is 0.0416. The molecule has 15 heavy (non-hydrogen) atoms. The van der Waals surface area contributed by atoms with Crippen LogP contribution in [0, 0.1) is 0 Å². The first-order valence-electron chi connectivity index (χ1n) is 4.98. The van der Waals surface area contributed by atoms with Crippen molar-refractivity contribution in [3.63, 3.8) is 0 Å². The van der Waals surface area contributed by atoms with Crippen LogP contribution in [0.5, 0.6) is 0 Å². The number of carbonyl (C=O) groups is 1. The topological polar surface area (TPSA) is 32.3 Å². The summed E-state index contributed by atoms with van der Waals surface area (Å²) in [6, 6.07) is -0.0832. The Bertz CT molecular complexity index is 232. The van der Waals surface area contributed by atoms with E-state index in [4.69, 9.17) is 0 Å². The van der Waals surface area contributed by atoms with Crippen LogP contribution in [-0.2, 0) is 4.79 Å². The fraction of sp³-hybridized carbons (Fsp3) is 0.889. The number of amides is 1. The number of carbonyl (C=O) groups excluding carboxylic acids is 1. The molecule has 0 bridgehead atoms. The van der Waals surface area contributed by atoms with Gasteiger partial charge in [-0.1, -0.05) is 6.42 Å². The summed E-state index contributed by atoms with van der Waals surface area (Å²) < 4.78 is 36.1. The summed E-state index contributed by atoms with van der Waals surface area (Å²) in [5.74, 6) is -1.89. The van der Waals surface area contributed by atoms with E-state index in [0.717, 1.165) is 19.3 Å². The van der Waals surface area contributed by atoms with Crippen LogP contribution in [-0.4, -0.2) is 29.2 Å². The SMILES string of the molecule is CC1CCCC(C)N1NC(=O)C(F)(F)F. The minimum atomic E-state index is -4.81. The summed E-state index contributed by atoms with van der Waals surface area (Å²) in [7, 11) is 0. The summed E-state index contributed by atoms with van der Waals surface area (Å²) in [5.41, 5.74) is 1.93. The predicted octanol–water partition coefficient (Wildman–Crippen LogP) is 1.84. The van der Waals surface area contributed by atoms with Crippen molar-refractivity contribution >= 4 is 5.91 Å². The van der Waals surface area contributed by atoms with Crippen LogP contribution in [0.15, 0.2) is 0 Å². The molecule has 1 aliphatic rings. The summed E-state index contributed by atoms with van der Waals surface area (Å²) in [6.07, 6.45) is -2.21. The van der Waals surface area contributed by atoms with E-state index in [2.05, 4.69) is 0 Å². The Labute approximate surface area is 86.6 Å². The highest BCUT2D eigenvalue weighted by Gasteiger charge is 2.41. The quantitative estimate of drug-likeness (QED) is 0.737. The third-order valence-corrected chi connectivity index (χ3v) is 2.68. The first-order valence-corrected chi connectivity index (χ1v) is 4.98. The van der Waals surface area contributed by atoms with Crippen LogP contribution in [0.25, 0.3) is 0 Å². The normalized spacial score (nSPS) is 28.9. The van der Waals surface area contributed by atoms with Gasteiger partial charge in [0.1, 0.15) is 0 Å². The molecule has 1 N–H and O–H groups in total. The largest absolute Gasteiger partial charge is 0.472 e. The monoisotopic (exact) mass is 224 g/mol. The number of rotatable bonds is 1. The summed E-state index contributed by atoms with van der Waals surface area (Å²) in [5, 5.41) is 1.40. The van der Waals surface area contributed by atoms with Gasteiger partial charge >= 0.3 is 12.1 Å². The summed E-state index contributed by atoms with van der Waals surface area (Å²) >= 11 is 0. The molecular formula is C9H15F3N2O. The van der Waals surface area contributed by atoms with Crippen LogP contribution >= 0.6 is 0 Å². The van der Waals surface area contributed by atoms with Crippen molar-refractivity contribution in [1.82, 2.24) is 10.4 Å². The summed E-state index contributed by atoms with van der Waals surface area (Å²) in [4.78, 5) is 10.7. The van der Waals surface area contributed by atoms with Gasteiger partial charge in [-0.3, -0.25) is 10.2 Å². The molecule has 88 valence electrons. The van der Waals surface area contributed by atoms with E-state index in [-0.39, 0.29) is 12.1 Å². The van der Waals surface area contributed by atoms with Gasteiger partial charge in [-0.2, -0.15) is 13.2 Å². The number of nitrogens with one attached hydrogen (secondary N) is 1. The number of nitrogens with zero attached hydrogens (tertiary/aromatic N) is 1. The Morgan fingerprint density at radius 2 is 1.73 bits per heavy atom. The number of alkyl halides is 3. The van der Waals surface area contributed by atoms with Crippen molar-refractivity contribution in [1.29, 1.82) is 0 Å². The molecular weight excluding hydrogens is 209 g/mol. The van der Waals surface area contributed by atoms with E-state index in [1.165, 1.54) is 5.01 Å². The van der Waals surface area contributed by atoms with Crippen molar-refractivity contribution in [2.45, 2.75) is 51.4 Å². The molecule has 1 aliphatic heterocycles. The third kappa shape index (κ3) is 3.09. The van der Waals surface area contributed by atoms with E-state index in [1.54, 1.807) is 0 Å². The molecule has 1 saturated heterocycles. The molecule has 0 spiro atoms. The molecule has 1 amide bonds. The number of piperidine rings is 1. The molecule has 6 heteroatoms. The molecule has 1 fully saturated rings. The molecule has 1 rings (SSSR count). The maximum atomic E-state index is 12.0. The molecule has 1 heterocycles. The van der Waals surface area contributed by atoms with Crippen LogP contribution in [0.1, 0.15) is 33.1 Å². The van der Waals surface area contributed by atoms with Gasteiger partial charge in [0.15, 0.2) is 0 Å². The maximum Gasteiger partial charge on any atom is 0.472 e. The highest BCUT2D eigenvalue weighted by molar-refractivity contribution is 5.81. The van der Waals surface area contributed by atoms with E-state index in [9.17, 15) is 18.0 Å². The van der Waals surface area contributed by atoms with Gasteiger partial charge < -0.3 is 0 Å². The van der Waals surface area contributed by atoms with Crippen molar-refractivity contribution in [3.05, 3.63) is 0 Å². The number of hydrazine groups is 1. The zero-order valence-electron chi connectivity index (χ0n) is 8.77. The van der Waals surface area contributed by atoms with E-state index in [0.29, 0.717) is 0 Å². The zero-order valence-corrected chi connectivity index (χ0v) is 8.77. The second-order valence-corrected chi connectivity index (χ2v) is 3.97. The number of hydrogen-bond acceptors (Lipinski definition) is 2. The van der Waals surface area contributed by atoms with Crippen LogP contribution < -0.4 is 5.43 Å². The molecule has 2 atom stereocenters. The molecule has 3 nitrogen and oxygen atoms in total. The van der Waals surface area contributed by atoms with E-state index < -0.39 is 12.1 Å². The molecule has 0 saturated carbocycles. The molecule has 0 radical (unpaired) electrons. The second kappa shape index (κ2) is 4.38. The first-order chi connectivity index (χ1) is 6.82. The first kappa shape index (κ1) is 12.3. The van der Waals surface area contributed by atoms with Crippen molar-refractivity contribution in [2.75, 3.05) is 0 Å². The maximum absolute atomic E-state index is 12.0. The fourth-order valence-corrected chi connectivity index (χ4v) is 1.82. The lowest BCUT2D eigenvalue weighted by Gasteiger charge is -2.38. The highest BCUT2D eigenvalue weighted by Crippen LogP contribution is 2.22. The van der Waals surface area contributed by atoms with Crippen LogP contribution in [0.3, 0.4) is 0 Å². The Morgan fingerprint density at radius 3 is 2.13 bits per heavy atom. The van der Waals surface area contributed by atoms with E-state index >= 15 is 0 Å². The standard InChI is InChI=1S/C9H15F3N2O/c1-6-4-3-5-7(2)14(6)13-8(15)9(10,11)12/h6-7H,3-5H2,1-2H3,(H,13,15). The van der Waals surface area contributed by atoms with Gasteiger partial charge in [0.2, 0.25) is 0 Å². The van der Waals surface area contributed by atoms with Gasteiger partial charge in [0.05, 0.1) is 0 Å². The molecule has 0 aromatic rings. The molecule has 0 aromatic heterocycles. The minimum Gasteiger partial charge on any atom is -0.280 e. The van der Waals surface area contributed by atoms with Crippen LogP contribution in [0.2, 0.25) is 0 Å². The summed E-state index contributed by atoms with van der Waals surface area (Å²) in [6.45, 7) is 3.62. The Balaban J connectivity index is 2.59. The zero-order chi connectivity index (χ0) is 11.6. The average molecular weight is 224 g/mol. The van der Waals surface area contributed by atoms with Gasteiger partial charge in [-0.05, 0) is 26.7 Å². The third-order valence-electron chi connectivity index (χ3n) is 2.68. The van der Waals surface area contributed by atoms with Crippen molar-refractivity contribution in [2.24, 2.45) is 0 Å². The molecule has 2 unspecified atom stereocenters.